The van der Waals surface area contributed by atoms with Crippen LogP contribution in [-0.4, -0.2) is 23.2 Å². The maximum atomic E-state index is 11.0. The van der Waals surface area contributed by atoms with Crippen LogP contribution in [0.5, 0.6) is 11.5 Å². The highest BCUT2D eigenvalue weighted by Crippen LogP contribution is 2.34. The van der Waals surface area contributed by atoms with Crippen molar-refractivity contribution in [3.63, 3.8) is 0 Å². The van der Waals surface area contributed by atoms with Gasteiger partial charge in [-0.3, -0.25) is 0 Å². The van der Waals surface area contributed by atoms with E-state index in [0.717, 1.165) is 11.1 Å². The van der Waals surface area contributed by atoms with Gasteiger partial charge >= 0.3 is 5.97 Å². The summed E-state index contributed by atoms with van der Waals surface area (Å²) in [5.74, 6) is 0.0620. The van der Waals surface area contributed by atoms with E-state index in [1.54, 1.807) is 19.2 Å². The van der Waals surface area contributed by atoms with Gasteiger partial charge in [0.1, 0.15) is 11.6 Å². The number of methoxy groups -OCH3 is 1. The average Bonchev–Trinajstić information content (AvgIpc) is 3.11. The van der Waals surface area contributed by atoms with E-state index in [1.807, 2.05) is 30.3 Å². The molecule has 0 spiro atoms. The molecule has 0 saturated heterocycles. The first-order valence-corrected chi connectivity index (χ1v) is 8.57. The van der Waals surface area contributed by atoms with E-state index in [1.165, 1.54) is 16.7 Å². The Morgan fingerprint density at radius 3 is 2.72 bits per heavy atom. The van der Waals surface area contributed by atoms with Crippen LogP contribution in [0.1, 0.15) is 16.1 Å². The highest BCUT2D eigenvalue weighted by molar-refractivity contribution is 7.13. The number of aromatic carboxylic acids is 1. The first-order valence-electron chi connectivity index (χ1n) is 7.32. The maximum Gasteiger partial charge on any atom is 0.355 e. The summed E-state index contributed by atoms with van der Waals surface area (Å²) < 4.78 is 11.2. The summed E-state index contributed by atoms with van der Waals surface area (Å²) in [4.78, 5) is 15.1. The van der Waals surface area contributed by atoms with Crippen LogP contribution in [0.25, 0.3) is 10.6 Å². The molecule has 0 radical (unpaired) electrons. The van der Waals surface area contributed by atoms with Gasteiger partial charge in [-0.05, 0) is 24.3 Å². The summed E-state index contributed by atoms with van der Waals surface area (Å²) in [5.41, 5.74) is 1.67. The molecule has 0 unspecified atom stereocenters. The largest absolute Gasteiger partial charge is 0.493 e. The molecule has 0 atom stereocenters. The van der Waals surface area contributed by atoms with Gasteiger partial charge in [-0.2, -0.15) is 0 Å². The Hall–Kier alpha value is -2.57. The number of carboxylic acids is 1. The summed E-state index contributed by atoms with van der Waals surface area (Å²) >= 11 is 7.39. The summed E-state index contributed by atoms with van der Waals surface area (Å²) in [7, 11) is 1.55. The highest BCUT2D eigenvalue weighted by atomic mass is 35.5. The SMILES string of the molecule is COc1cc(-c2nc(C(=O)O)cs2)ccc1OCc1ccccc1Cl. The Labute approximate surface area is 153 Å². The standard InChI is InChI=1S/C18H14ClNO4S/c1-23-16-8-11(17-20-14(10-25-17)18(21)22)6-7-15(16)24-9-12-4-2-3-5-13(12)19/h2-8,10H,9H2,1H3,(H,21,22). The fourth-order valence-electron chi connectivity index (χ4n) is 2.20. The number of ether oxygens (including phenoxy) is 2. The van der Waals surface area contributed by atoms with Gasteiger partial charge in [0.05, 0.1) is 7.11 Å². The molecule has 0 fully saturated rings. The highest BCUT2D eigenvalue weighted by Gasteiger charge is 2.13. The summed E-state index contributed by atoms with van der Waals surface area (Å²) in [6, 6.07) is 12.8. The van der Waals surface area contributed by atoms with Crippen LogP contribution in [0, 0.1) is 0 Å². The van der Waals surface area contributed by atoms with E-state index < -0.39 is 5.97 Å². The van der Waals surface area contributed by atoms with E-state index in [4.69, 9.17) is 26.2 Å². The third kappa shape index (κ3) is 3.92. The maximum absolute atomic E-state index is 11.0. The number of hydrogen-bond donors (Lipinski definition) is 1. The third-order valence-electron chi connectivity index (χ3n) is 3.47. The van der Waals surface area contributed by atoms with E-state index in [2.05, 4.69) is 4.98 Å². The van der Waals surface area contributed by atoms with Crippen molar-refractivity contribution in [1.29, 1.82) is 0 Å². The third-order valence-corrected chi connectivity index (χ3v) is 4.73. The molecule has 2 aromatic carbocycles. The quantitative estimate of drug-likeness (QED) is 0.673. The van der Waals surface area contributed by atoms with Crippen LogP contribution in [-0.2, 0) is 6.61 Å². The normalized spacial score (nSPS) is 10.5. The van der Waals surface area contributed by atoms with Gasteiger partial charge < -0.3 is 14.6 Å². The van der Waals surface area contributed by atoms with Crippen LogP contribution < -0.4 is 9.47 Å². The Kier molecular flexibility index (Phi) is 5.21. The van der Waals surface area contributed by atoms with Gasteiger partial charge in [0.2, 0.25) is 0 Å². The van der Waals surface area contributed by atoms with Crippen molar-refractivity contribution < 1.29 is 19.4 Å². The van der Waals surface area contributed by atoms with Crippen molar-refractivity contribution in [2.45, 2.75) is 6.61 Å². The zero-order valence-electron chi connectivity index (χ0n) is 13.2. The fourth-order valence-corrected chi connectivity index (χ4v) is 3.18. The van der Waals surface area contributed by atoms with Gasteiger partial charge in [-0.15, -0.1) is 11.3 Å². The molecule has 25 heavy (non-hydrogen) atoms. The lowest BCUT2D eigenvalue weighted by atomic mass is 10.2. The number of rotatable bonds is 6. The molecular weight excluding hydrogens is 362 g/mol. The predicted molar refractivity (Wildman–Crippen MR) is 96.8 cm³/mol. The molecule has 0 aliphatic heterocycles. The van der Waals surface area contributed by atoms with Crippen molar-refractivity contribution in [3.8, 4) is 22.1 Å². The minimum absolute atomic E-state index is 0.0259. The van der Waals surface area contributed by atoms with Crippen LogP contribution in [0.3, 0.4) is 0 Å². The molecule has 5 nitrogen and oxygen atoms in total. The first-order chi connectivity index (χ1) is 12.1. The number of thiazole rings is 1. The molecule has 0 amide bonds. The van der Waals surface area contributed by atoms with Crippen molar-refractivity contribution in [3.05, 3.63) is 64.1 Å². The minimum atomic E-state index is -1.05. The molecule has 3 aromatic rings. The van der Waals surface area contributed by atoms with E-state index in [9.17, 15) is 4.79 Å². The first kappa shape index (κ1) is 17.3. The van der Waals surface area contributed by atoms with E-state index >= 15 is 0 Å². The van der Waals surface area contributed by atoms with Gasteiger partial charge in [0.25, 0.3) is 0 Å². The van der Waals surface area contributed by atoms with Crippen molar-refractivity contribution in [2.24, 2.45) is 0 Å². The second-order valence-corrected chi connectivity index (χ2v) is 6.35. The van der Waals surface area contributed by atoms with E-state index in [-0.39, 0.29) is 5.69 Å². The van der Waals surface area contributed by atoms with E-state index in [0.29, 0.717) is 28.1 Å². The van der Waals surface area contributed by atoms with Gasteiger partial charge in [0.15, 0.2) is 17.2 Å². The Balaban J connectivity index is 1.81. The minimum Gasteiger partial charge on any atom is -0.493 e. The summed E-state index contributed by atoms with van der Waals surface area (Å²) in [6.45, 7) is 0.315. The van der Waals surface area contributed by atoms with Crippen LogP contribution in [0.15, 0.2) is 47.8 Å². The van der Waals surface area contributed by atoms with Crippen molar-refractivity contribution >= 4 is 28.9 Å². The van der Waals surface area contributed by atoms with Crippen molar-refractivity contribution in [2.75, 3.05) is 7.11 Å². The zero-order chi connectivity index (χ0) is 17.8. The summed E-state index contributed by atoms with van der Waals surface area (Å²) in [6.07, 6.45) is 0. The number of aromatic nitrogens is 1. The molecular formula is C18H14ClNO4S. The molecule has 0 aliphatic rings. The molecule has 7 heteroatoms. The summed E-state index contributed by atoms with van der Waals surface area (Å²) in [5, 5.41) is 11.7. The predicted octanol–water partition coefficient (Wildman–Crippen LogP) is 4.75. The fraction of sp³-hybridized carbons (Fsp3) is 0.111. The van der Waals surface area contributed by atoms with Crippen molar-refractivity contribution in [1.82, 2.24) is 4.98 Å². The number of benzene rings is 2. The Morgan fingerprint density at radius 2 is 2.04 bits per heavy atom. The monoisotopic (exact) mass is 375 g/mol. The van der Waals surface area contributed by atoms with Gasteiger partial charge in [-0.25, -0.2) is 9.78 Å². The number of carboxylic acid groups (broad SMARTS) is 1. The second kappa shape index (κ2) is 7.55. The van der Waals surface area contributed by atoms with Gasteiger partial charge in [-0.1, -0.05) is 29.8 Å². The molecule has 1 heterocycles. The number of carbonyl (C=O) groups is 1. The number of hydrogen-bond acceptors (Lipinski definition) is 5. The van der Waals surface area contributed by atoms with Crippen LogP contribution in [0.2, 0.25) is 5.02 Å². The smallest absolute Gasteiger partial charge is 0.355 e. The lowest BCUT2D eigenvalue weighted by Gasteiger charge is -2.12. The molecule has 1 N–H and O–H groups in total. The average molecular weight is 376 g/mol. The second-order valence-electron chi connectivity index (χ2n) is 5.09. The Bertz CT molecular complexity index is 910. The molecule has 3 rings (SSSR count). The van der Waals surface area contributed by atoms with Crippen LogP contribution >= 0.6 is 22.9 Å². The topological polar surface area (TPSA) is 68.7 Å². The lowest BCUT2D eigenvalue weighted by molar-refractivity contribution is 0.0691. The Morgan fingerprint density at radius 1 is 1.24 bits per heavy atom. The van der Waals surface area contributed by atoms with Gasteiger partial charge in [0, 0.05) is 21.5 Å². The molecule has 0 bridgehead atoms. The molecule has 128 valence electrons. The molecule has 0 aliphatic carbocycles. The van der Waals surface area contributed by atoms with Crippen LogP contribution in [0.4, 0.5) is 0 Å². The lowest BCUT2D eigenvalue weighted by Crippen LogP contribution is -1.99. The zero-order valence-corrected chi connectivity index (χ0v) is 14.8. The molecule has 1 aromatic heterocycles. The number of halogens is 1. The number of nitrogens with zero attached hydrogens (tertiary/aromatic N) is 1. The molecule has 0 saturated carbocycles.